The molecule has 4 heteroatoms. The monoisotopic (exact) mass is 266 g/mol. The van der Waals surface area contributed by atoms with Crippen molar-refractivity contribution >= 4 is 17.2 Å². The average molecular weight is 266 g/mol. The van der Waals surface area contributed by atoms with E-state index in [2.05, 4.69) is 19.9 Å². The minimum atomic E-state index is 0.201. The van der Waals surface area contributed by atoms with Crippen molar-refractivity contribution < 1.29 is 4.79 Å². The van der Waals surface area contributed by atoms with Crippen molar-refractivity contribution in [1.82, 2.24) is 4.90 Å². The molecule has 3 nitrogen and oxygen atoms in total. The van der Waals surface area contributed by atoms with E-state index >= 15 is 0 Å². The normalized spacial score (nSPS) is 24.3. The number of hydrogen-bond acceptors (Lipinski definition) is 3. The summed E-state index contributed by atoms with van der Waals surface area (Å²) >= 11 is 1.56. The Labute approximate surface area is 113 Å². The van der Waals surface area contributed by atoms with E-state index in [1.807, 2.05) is 10.3 Å². The van der Waals surface area contributed by atoms with E-state index in [4.69, 9.17) is 5.73 Å². The maximum absolute atomic E-state index is 12.6. The van der Waals surface area contributed by atoms with Gasteiger partial charge < -0.3 is 10.6 Å². The lowest BCUT2D eigenvalue weighted by atomic mass is 9.93. The number of carbonyl (C=O) groups is 1. The summed E-state index contributed by atoms with van der Waals surface area (Å²) in [5.41, 5.74) is 6.92. The van der Waals surface area contributed by atoms with E-state index in [1.165, 1.54) is 5.56 Å². The molecule has 1 aliphatic rings. The highest BCUT2D eigenvalue weighted by Gasteiger charge is 2.30. The van der Waals surface area contributed by atoms with E-state index in [0.717, 1.165) is 30.7 Å². The number of nitrogens with two attached hydrogens (primary N) is 1. The van der Waals surface area contributed by atoms with Gasteiger partial charge in [-0.1, -0.05) is 6.92 Å². The molecule has 100 valence electrons. The number of rotatable bonds is 3. The van der Waals surface area contributed by atoms with Gasteiger partial charge in [0, 0.05) is 12.6 Å². The van der Waals surface area contributed by atoms with Crippen LogP contribution in [0.4, 0.5) is 0 Å². The molecule has 18 heavy (non-hydrogen) atoms. The fourth-order valence-corrected chi connectivity index (χ4v) is 3.54. The van der Waals surface area contributed by atoms with Gasteiger partial charge in [-0.05, 0) is 55.7 Å². The van der Waals surface area contributed by atoms with E-state index in [-0.39, 0.29) is 5.91 Å². The second kappa shape index (κ2) is 5.85. The Kier molecular flexibility index (Phi) is 4.40. The van der Waals surface area contributed by atoms with Gasteiger partial charge in [-0.3, -0.25) is 4.79 Å². The minimum absolute atomic E-state index is 0.201. The van der Waals surface area contributed by atoms with Gasteiger partial charge in [0.15, 0.2) is 0 Å². The zero-order valence-electron chi connectivity index (χ0n) is 11.2. The van der Waals surface area contributed by atoms with Crippen LogP contribution in [0.25, 0.3) is 0 Å². The summed E-state index contributed by atoms with van der Waals surface area (Å²) in [5.74, 6) is 0.669. The summed E-state index contributed by atoms with van der Waals surface area (Å²) in [6.45, 7) is 5.74. The summed E-state index contributed by atoms with van der Waals surface area (Å²) in [6.07, 6.45) is 3.14. The SMILES string of the molecule is CCc1ccsc1C(=O)N1CC(CN)CCC1C. The number of thiophene rings is 1. The first-order valence-electron chi connectivity index (χ1n) is 6.74. The fourth-order valence-electron chi connectivity index (χ4n) is 2.59. The first-order chi connectivity index (χ1) is 8.67. The van der Waals surface area contributed by atoms with E-state index in [0.29, 0.717) is 18.5 Å². The van der Waals surface area contributed by atoms with Crippen molar-refractivity contribution in [3.63, 3.8) is 0 Å². The maximum Gasteiger partial charge on any atom is 0.264 e. The zero-order chi connectivity index (χ0) is 13.1. The Morgan fingerprint density at radius 1 is 1.56 bits per heavy atom. The third-order valence-electron chi connectivity index (χ3n) is 3.90. The Morgan fingerprint density at radius 3 is 3.00 bits per heavy atom. The van der Waals surface area contributed by atoms with Crippen molar-refractivity contribution in [2.45, 2.75) is 39.2 Å². The number of carbonyl (C=O) groups excluding carboxylic acids is 1. The standard InChI is InChI=1S/C14H22N2OS/c1-3-12-6-7-18-13(12)14(17)16-9-11(8-15)5-4-10(16)2/h6-7,10-11H,3-5,8-9,15H2,1-2H3. The summed E-state index contributed by atoms with van der Waals surface area (Å²) in [4.78, 5) is 15.5. The van der Waals surface area contributed by atoms with Crippen LogP contribution in [0, 0.1) is 5.92 Å². The molecule has 1 aromatic rings. The Balaban J connectivity index is 2.16. The molecule has 0 aliphatic carbocycles. The highest BCUT2D eigenvalue weighted by molar-refractivity contribution is 7.12. The first-order valence-corrected chi connectivity index (χ1v) is 7.62. The highest BCUT2D eigenvalue weighted by Crippen LogP contribution is 2.26. The van der Waals surface area contributed by atoms with Crippen LogP contribution in [0.2, 0.25) is 0 Å². The number of piperidine rings is 1. The number of amides is 1. The molecule has 2 heterocycles. The molecule has 0 spiro atoms. The molecular weight excluding hydrogens is 244 g/mol. The van der Waals surface area contributed by atoms with Crippen LogP contribution >= 0.6 is 11.3 Å². The number of nitrogens with zero attached hydrogens (tertiary/aromatic N) is 1. The van der Waals surface area contributed by atoms with Crippen molar-refractivity contribution in [3.05, 3.63) is 21.9 Å². The average Bonchev–Trinajstić information content (AvgIpc) is 2.86. The van der Waals surface area contributed by atoms with E-state index in [9.17, 15) is 4.79 Å². The van der Waals surface area contributed by atoms with Gasteiger partial charge in [0.25, 0.3) is 5.91 Å². The molecule has 2 rings (SSSR count). The lowest BCUT2D eigenvalue weighted by Gasteiger charge is -2.37. The molecule has 0 bridgehead atoms. The van der Waals surface area contributed by atoms with Crippen molar-refractivity contribution in [2.24, 2.45) is 11.7 Å². The molecule has 2 atom stereocenters. The molecule has 1 aliphatic heterocycles. The highest BCUT2D eigenvalue weighted by atomic mass is 32.1. The summed E-state index contributed by atoms with van der Waals surface area (Å²) < 4.78 is 0. The molecule has 0 aromatic carbocycles. The molecule has 2 N–H and O–H groups in total. The molecule has 1 fully saturated rings. The van der Waals surface area contributed by atoms with Crippen LogP contribution in [0.15, 0.2) is 11.4 Å². The summed E-state index contributed by atoms with van der Waals surface area (Å²) in [6, 6.07) is 2.40. The van der Waals surface area contributed by atoms with Gasteiger partial charge in [0.2, 0.25) is 0 Å². The Bertz CT molecular complexity index is 416. The van der Waals surface area contributed by atoms with Crippen LogP contribution in [0.3, 0.4) is 0 Å². The van der Waals surface area contributed by atoms with Gasteiger partial charge in [0.05, 0.1) is 4.88 Å². The lowest BCUT2D eigenvalue weighted by molar-refractivity contribution is 0.0571. The number of likely N-dealkylation sites (tertiary alicyclic amines) is 1. The van der Waals surface area contributed by atoms with Gasteiger partial charge in [-0.2, -0.15) is 0 Å². The molecule has 1 aromatic heterocycles. The van der Waals surface area contributed by atoms with Gasteiger partial charge in [-0.25, -0.2) is 0 Å². The third-order valence-corrected chi connectivity index (χ3v) is 4.84. The van der Waals surface area contributed by atoms with Gasteiger partial charge in [-0.15, -0.1) is 11.3 Å². The predicted molar refractivity (Wildman–Crippen MR) is 76.0 cm³/mol. The number of aryl methyl sites for hydroxylation is 1. The minimum Gasteiger partial charge on any atom is -0.335 e. The van der Waals surface area contributed by atoms with Crippen LogP contribution in [0.5, 0.6) is 0 Å². The maximum atomic E-state index is 12.6. The number of hydrogen-bond donors (Lipinski definition) is 1. The first kappa shape index (κ1) is 13.6. The van der Waals surface area contributed by atoms with Gasteiger partial charge >= 0.3 is 0 Å². The molecule has 0 saturated carbocycles. The van der Waals surface area contributed by atoms with Crippen LogP contribution in [0.1, 0.15) is 41.9 Å². The van der Waals surface area contributed by atoms with Crippen molar-refractivity contribution in [2.75, 3.05) is 13.1 Å². The van der Waals surface area contributed by atoms with E-state index < -0.39 is 0 Å². The van der Waals surface area contributed by atoms with Crippen molar-refractivity contribution in [3.8, 4) is 0 Å². The topological polar surface area (TPSA) is 46.3 Å². The molecule has 1 amide bonds. The van der Waals surface area contributed by atoms with Crippen molar-refractivity contribution in [1.29, 1.82) is 0 Å². The summed E-state index contributed by atoms with van der Waals surface area (Å²) in [7, 11) is 0. The van der Waals surface area contributed by atoms with E-state index in [1.54, 1.807) is 11.3 Å². The second-order valence-corrected chi connectivity index (χ2v) is 6.03. The quantitative estimate of drug-likeness (QED) is 0.913. The summed E-state index contributed by atoms with van der Waals surface area (Å²) in [5, 5.41) is 2.01. The molecule has 2 unspecified atom stereocenters. The second-order valence-electron chi connectivity index (χ2n) is 5.11. The predicted octanol–water partition coefficient (Wildman–Crippen LogP) is 2.51. The Hall–Kier alpha value is -0.870. The molecule has 1 saturated heterocycles. The van der Waals surface area contributed by atoms with Crippen LogP contribution in [-0.2, 0) is 6.42 Å². The fraction of sp³-hybridized carbons (Fsp3) is 0.643. The van der Waals surface area contributed by atoms with Crippen LogP contribution in [-0.4, -0.2) is 29.9 Å². The molecular formula is C14H22N2OS. The van der Waals surface area contributed by atoms with Crippen LogP contribution < -0.4 is 5.73 Å². The smallest absolute Gasteiger partial charge is 0.264 e. The molecule has 0 radical (unpaired) electrons. The van der Waals surface area contributed by atoms with Gasteiger partial charge in [0.1, 0.15) is 0 Å². The largest absolute Gasteiger partial charge is 0.335 e. The Morgan fingerprint density at radius 2 is 2.33 bits per heavy atom. The lowest BCUT2D eigenvalue weighted by Crippen LogP contribution is -2.47. The zero-order valence-corrected chi connectivity index (χ0v) is 12.0. The third kappa shape index (κ3) is 2.59.